The van der Waals surface area contributed by atoms with Crippen LogP contribution in [0.25, 0.3) is 0 Å². The van der Waals surface area contributed by atoms with Gasteiger partial charge in [0.2, 0.25) is 0 Å². The molecule has 0 aromatic carbocycles. The standard InChI is InChI=1S/C14H24N4O/c1-4-18(9-12-5-7-15-8-6-12)14(19)13-10-17(3)16-11(13)2/h10,12,15H,4-9H2,1-3H3. The molecule has 0 saturated carbocycles. The number of nitrogens with zero attached hydrogens (tertiary/aromatic N) is 3. The Balaban J connectivity index is 2.04. The van der Waals surface area contributed by atoms with Crippen LogP contribution in [0.15, 0.2) is 6.20 Å². The first-order chi connectivity index (χ1) is 9.11. The highest BCUT2D eigenvalue weighted by molar-refractivity contribution is 5.95. The van der Waals surface area contributed by atoms with Crippen LogP contribution >= 0.6 is 0 Å². The van der Waals surface area contributed by atoms with Gasteiger partial charge >= 0.3 is 0 Å². The Bertz CT molecular complexity index is 435. The van der Waals surface area contributed by atoms with Crippen molar-refractivity contribution in [2.45, 2.75) is 26.7 Å². The molecule has 2 rings (SSSR count). The van der Waals surface area contributed by atoms with E-state index in [-0.39, 0.29) is 5.91 Å². The van der Waals surface area contributed by atoms with Crippen molar-refractivity contribution in [2.75, 3.05) is 26.2 Å². The van der Waals surface area contributed by atoms with Crippen molar-refractivity contribution in [3.05, 3.63) is 17.5 Å². The largest absolute Gasteiger partial charge is 0.339 e. The minimum absolute atomic E-state index is 0.117. The van der Waals surface area contributed by atoms with E-state index in [9.17, 15) is 4.79 Å². The molecule has 1 amide bonds. The van der Waals surface area contributed by atoms with Crippen molar-refractivity contribution in [1.82, 2.24) is 20.0 Å². The van der Waals surface area contributed by atoms with Gasteiger partial charge in [0, 0.05) is 26.3 Å². The molecule has 0 aliphatic carbocycles. The zero-order chi connectivity index (χ0) is 13.8. The monoisotopic (exact) mass is 264 g/mol. The molecule has 1 fully saturated rings. The van der Waals surface area contributed by atoms with Crippen LogP contribution in [0.2, 0.25) is 0 Å². The SMILES string of the molecule is CCN(CC1CCNCC1)C(=O)c1cn(C)nc1C. The van der Waals surface area contributed by atoms with Crippen molar-refractivity contribution in [2.24, 2.45) is 13.0 Å². The molecular weight excluding hydrogens is 240 g/mol. The fraction of sp³-hybridized carbons (Fsp3) is 0.714. The molecule has 0 bridgehead atoms. The number of rotatable bonds is 4. The first-order valence-electron chi connectivity index (χ1n) is 7.12. The van der Waals surface area contributed by atoms with Gasteiger partial charge in [-0.3, -0.25) is 9.48 Å². The summed E-state index contributed by atoms with van der Waals surface area (Å²) >= 11 is 0. The number of piperidine rings is 1. The van der Waals surface area contributed by atoms with E-state index >= 15 is 0 Å². The third-order valence-electron chi connectivity index (χ3n) is 3.85. The van der Waals surface area contributed by atoms with Gasteiger partial charge in [-0.25, -0.2) is 0 Å². The Morgan fingerprint density at radius 2 is 2.21 bits per heavy atom. The van der Waals surface area contributed by atoms with Crippen molar-refractivity contribution < 1.29 is 4.79 Å². The molecule has 0 atom stereocenters. The van der Waals surface area contributed by atoms with Gasteiger partial charge in [-0.05, 0) is 45.7 Å². The van der Waals surface area contributed by atoms with Gasteiger partial charge in [0.25, 0.3) is 5.91 Å². The molecule has 0 radical (unpaired) electrons. The third kappa shape index (κ3) is 3.35. The summed E-state index contributed by atoms with van der Waals surface area (Å²) in [4.78, 5) is 14.5. The minimum Gasteiger partial charge on any atom is -0.339 e. The Hall–Kier alpha value is -1.36. The average molecular weight is 264 g/mol. The Morgan fingerprint density at radius 3 is 2.74 bits per heavy atom. The van der Waals surface area contributed by atoms with E-state index in [0.29, 0.717) is 5.92 Å². The molecule has 0 unspecified atom stereocenters. The summed E-state index contributed by atoms with van der Waals surface area (Å²) in [6.45, 7) is 7.71. The van der Waals surface area contributed by atoms with E-state index in [1.54, 1.807) is 4.68 Å². The maximum Gasteiger partial charge on any atom is 0.257 e. The van der Waals surface area contributed by atoms with Crippen LogP contribution < -0.4 is 5.32 Å². The second-order valence-corrected chi connectivity index (χ2v) is 5.34. The maximum atomic E-state index is 12.5. The van der Waals surface area contributed by atoms with Crippen LogP contribution in [0, 0.1) is 12.8 Å². The van der Waals surface area contributed by atoms with Crippen LogP contribution in [-0.2, 0) is 7.05 Å². The molecule has 2 heterocycles. The second kappa shape index (κ2) is 6.19. The molecule has 1 saturated heterocycles. The number of aryl methyl sites for hydroxylation is 2. The summed E-state index contributed by atoms with van der Waals surface area (Å²) in [6.07, 6.45) is 4.15. The van der Waals surface area contributed by atoms with Gasteiger partial charge < -0.3 is 10.2 Å². The van der Waals surface area contributed by atoms with Crippen molar-refractivity contribution >= 4 is 5.91 Å². The van der Waals surface area contributed by atoms with Crippen molar-refractivity contribution in [1.29, 1.82) is 0 Å². The zero-order valence-corrected chi connectivity index (χ0v) is 12.1. The summed E-state index contributed by atoms with van der Waals surface area (Å²) in [7, 11) is 1.85. The molecule has 0 spiro atoms. The molecule has 5 nitrogen and oxygen atoms in total. The molecule has 19 heavy (non-hydrogen) atoms. The second-order valence-electron chi connectivity index (χ2n) is 5.34. The fourth-order valence-corrected chi connectivity index (χ4v) is 2.71. The van der Waals surface area contributed by atoms with E-state index in [0.717, 1.165) is 50.3 Å². The molecule has 106 valence electrons. The summed E-state index contributed by atoms with van der Waals surface area (Å²) in [5.41, 5.74) is 1.55. The zero-order valence-electron chi connectivity index (χ0n) is 12.1. The molecule has 1 aliphatic rings. The third-order valence-corrected chi connectivity index (χ3v) is 3.85. The van der Waals surface area contributed by atoms with Gasteiger partial charge in [0.15, 0.2) is 0 Å². The van der Waals surface area contributed by atoms with E-state index in [1.165, 1.54) is 0 Å². The first-order valence-corrected chi connectivity index (χ1v) is 7.12. The lowest BCUT2D eigenvalue weighted by atomic mass is 9.97. The summed E-state index contributed by atoms with van der Waals surface area (Å²) in [6, 6.07) is 0. The lowest BCUT2D eigenvalue weighted by Gasteiger charge is -2.29. The van der Waals surface area contributed by atoms with Gasteiger partial charge in [0.1, 0.15) is 0 Å². The van der Waals surface area contributed by atoms with Crippen LogP contribution in [0.5, 0.6) is 0 Å². The molecule has 1 aromatic rings. The maximum absolute atomic E-state index is 12.5. The number of nitrogens with one attached hydrogen (secondary N) is 1. The lowest BCUT2D eigenvalue weighted by molar-refractivity contribution is 0.0726. The van der Waals surface area contributed by atoms with Crippen LogP contribution in [0.1, 0.15) is 35.8 Å². The molecule has 5 heteroatoms. The topological polar surface area (TPSA) is 50.2 Å². The van der Waals surface area contributed by atoms with E-state index in [2.05, 4.69) is 10.4 Å². The van der Waals surface area contributed by atoms with Gasteiger partial charge in [0.05, 0.1) is 11.3 Å². The van der Waals surface area contributed by atoms with E-state index in [1.807, 2.05) is 32.0 Å². The number of aromatic nitrogens is 2. The van der Waals surface area contributed by atoms with Gasteiger partial charge in [-0.1, -0.05) is 0 Å². The summed E-state index contributed by atoms with van der Waals surface area (Å²) in [5.74, 6) is 0.744. The highest BCUT2D eigenvalue weighted by atomic mass is 16.2. The van der Waals surface area contributed by atoms with Crippen molar-refractivity contribution in [3.8, 4) is 0 Å². The predicted octanol–water partition coefficient (Wildman–Crippen LogP) is 1.19. The smallest absolute Gasteiger partial charge is 0.257 e. The molecule has 1 N–H and O–H groups in total. The van der Waals surface area contributed by atoms with E-state index < -0.39 is 0 Å². The minimum atomic E-state index is 0.117. The van der Waals surface area contributed by atoms with Crippen molar-refractivity contribution in [3.63, 3.8) is 0 Å². The number of amides is 1. The summed E-state index contributed by atoms with van der Waals surface area (Å²) < 4.78 is 1.71. The predicted molar refractivity (Wildman–Crippen MR) is 75.1 cm³/mol. The highest BCUT2D eigenvalue weighted by Gasteiger charge is 2.22. The van der Waals surface area contributed by atoms with Gasteiger partial charge in [-0.15, -0.1) is 0 Å². The Morgan fingerprint density at radius 1 is 1.53 bits per heavy atom. The van der Waals surface area contributed by atoms with E-state index in [4.69, 9.17) is 0 Å². The fourth-order valence-electron chi connectivity index (χ4n) is 2.71. The number of hydrogen-bond donors (Lipinski definition) is 1. The molecular formula is C14H24N4O. The lowest BCUT2D eigenvalue weighted by Crippen LogP contribution is -2.39. The van der Waals surface area contributed by atoms with Gasteiger partial charge in [-0.2, -0.15) is 5.10 Å². The number of carbonyl (C=O) groups excluding carboxylic acids is 1. The molecule has 1 aliphatic heterocycles. The van der Waals surface area contributed by atoms with Crippen LogP contribution in [0.3, 0.4) is 0 Å². The van der Waals surface area contributed by atoms with Crippen LogP contribution in [0.4, 0.5) is 0 Å². The highest BCUT2D eigenvalue weighted by Crippen LogP contribution is 2.16. The number of carbonyl (C=O) groups is 1. The summed E-state index contributed by atoms with van der Waals surface area (Å²) in [5, 5.41) is 7.62. The Labute approximate surface area is 115 Å². The normalized spacial score (nSPS) is 16.6. The Kier molecular flexibility index (Phi) is 4.58. The average Bonchev–Trinajstić information content (AvgIpc) is 2.75. The van der Waals surface area contributed by atoms with Crippen LogP contribution in [-0.4, -0.2) is 46.8 Å². The first kappa shape index (κ1) is 14.1. The number of hydrogen-bond acceptors (Lipinski definition) is 3. The quantitative estimate of drug-likeness (QED) is 0.888. The molecule has 1 aromatic heterocycles.